The van der Waals surface area contributed by atoms with Crippen molar-refractivity contribution in [3.8, 4) is 0 Å². The van der Waals surface area contributed by atoms with Crippen LogP contribution in [0.2, 0.25) is 0 Å². The molecule has 0 bridgehead atoms. The van der Waals surface area contributed by atoms with E-state index in [2.05, 4.69) is 5.32 Å². The minimum Gasteiger partial charge on any atom is -0.477 e. The number of hydrogen-bond acceptors (Lipinski definition) is 5. The van der Waals surface area contributed by atoms with Gasteiger partial charge in [-0.25, -0.2) is 13.6 Å². The van der Waals surface area contributed by atoms with Crippen LogP contribution in [0.15, 0.2) is 17.1 Å². The van der Waals surface area contributed by atoms with Gasteiger partial charge in [-0.1, -0.05) is 0 Å². The Labute approximate surface area is 187 Å². The van der Waals surface area contributed by atoms with Crippen LogP contribution in [0.4, 0.5) is 14.5 Å². The van der Waals surface area contributed by atoms with E-state index in [0.29, 0.717) is 13.0 Å². The second-order valence-electron chi connectivity index (χ2n) is 7.96. The Morgan fingerprint density at radius 2 is 1.94 bits per heavy atom. The average Bonchev–Trinajstić information content (AvgIpc) is 3.42. The van der Waals surface area contributed by atoms with Crippen LogP contribution in [-0.4, -0.2) is 52.2 Å². The zero-order valence-electron chi connectivity index (χ0n) is 17.2. The quantitative estimate of drug-likeness (QED) is 0.587. The van der Waals surface area contributed by atoms with Gasteiger partial charge >= 0.3 is 5.97 Å². The molecule has 2 aromatic rings. The fraction of sp³-hybridized carbons (Fsp3) is 0.450. The van der Waals surface area contributed by atoms with Crippen molar-refractivity contribution in [1.82, 2.24) is 9.88 Å². The Morgan fingerprint density at radius 3 is 2.50 bits per heavy atom. The summed E-state index contributed by atoms with van der Waals surface area (Å²) >= 11 is 0. The molecule has 1 saturated heterocycles. The Bertz CT molecular complexity index is 1120. The monoisotopic (exact) mass is 474 g/mol. The predicted octanol–water partition coefficient (Wildman–Crippen LogP) is 0.952. The van der Waals surface area contributed by atoms with Crippen molar-refractivity contribution in [2.45, 2.75) is 44.3 Å². The zero-order valence-corrected chi connectivity index (χ0v) is 18.0. The first kappa shape index (κ1) is 25.5. The van der Waals surface area contributed by atoms with Crippen molar-refractivity contribution in [3.05, 3.63) is 39.7 Å². The molecule has 4 rings (SSSR count). The lowest BCUT2D eigenvalue weighted by Crippen LogP contribution is -2.45. The summed E-state index contributed by atoms with van der Waals surface area (Å²) in [5, 5.41) is 11.8. The third-order valence-electron chi connectivity index (χ3n) is 5.62. The van der Waals surface area contributed by atoms with Gasteiger partial charge < -0.3 is 31.1 Å². The van der Waals surface area contributed by atoms with Gasteiger partial charge in [0.2, 0.25) is 11.3 Å². The van der Waals surface area contributed by atoms with Gasteiger partial charge in [-0.05, 0) is 32.3 Å². The second-order valence-corrected chi connectivity index (χ2v) is 7.96. The van der Waals surface area contributed by atoms with Crippen LogP contribution in [0, 0.1) is 11.6 Å². The van der Waals surface area contributed by atoms with E-state index in [9.17, 15) is 23.9 Å². The lowest BCUT2D eigenvalue weighted by atomic mass is 10.1. The summed E-state index contributed by atoms with van der Waals surface area (Å²) in [6, 6.07) is -0.215. The van der Waals surface area contributed by atoms with Gasteiger partial charge in [-0.15, -0.1) is 12.4 Å². The SMILES string of the molecule is C[C@H](N)C(=O)N[C@@H]1CCN(c2c(F)cc3c(=O)c(C(=O)O)cn(C4CC4)c3c2F)C1.Cl.O. The number of amides is 1. The van der Waals surface area contributed by atoms with Crippen LogP contribution in [0.25, 0.3) is 10.9 Å². The topological polar surface area (TPSA) is 149 Å². The number of nitrogens with two attached hydrogens (primary N) is 1. The maximum atomic E-state index is 15.6. The van der Waals surface area contributed by atoms with Gasteiger partial charge in [0.15, 0.2) is 5.82 Å². The van der Waals surface area contributed by atoms with Crippen molar-refractivity contribution < 1.29 is 29.0 Å². The third kappa shape index (κ3) is 4.41. The molecule has 176 valence electrons. The number of carboxylic acids is 1. The molecule has 12 heteroatoms. The normalized spacial score (nSPS) is 18.6. The fourth-order valence-electron chi connectivity index (χ4n) is 3.93. The molecule has 2 aliphatic rings. The molecule has 0 radical (unpaired) electrons. The molecule has 1 aliphatic heterocycles. The van der Waals surface area contributed by atoms with Crippen LogP contribution in [0.5, 0.6) is 0 Å². The number of nitrogens with one attached hydrogen (secondary N) is 1. The molecule has 1 aromatic heterocycles. The molecule has 1 saturated carbocycles. The number of aromatic nitrogens is 1. The first-order valence-electron chi connectivity index (χ1n) is 9.80. The van der Waals surface area contributed by atoms with Gasteiger partial charge in [0.05, 0.1) is 16.9 Å². The van der Waals surface area contributed by atoms with E-state index in [1.54, 1.807) is 6.92 Å². The number of pyridine rings is 1. The number of fused-ring (bicyclic) bond motifs is 1. The van der Waals surface area contributed by atoms with Gasteiger partial charge in [-0.3, -0.25) is 9.59 Å². The molecule has 2 fully saturated rings. The van der Waals surface area contributed by atoms with E-state index in [1.165, 1.54) is 9.47 Å². The van der Waals surface area contributed by atoms with E-state index in [-0.39, 0.29) is 59.0 Å². The van der Waals surface area contributed by atoms with E-state index in [0.717, 1.165) is 25.1 Å². The van der Waals surface area contributed by atoms with Crippen LogP contribution in [0.3, 0.4) is 0 Å². The lowest BCUT2D eigenvalue weighted by molar-refractivity contribution is -0.122. The molecule has 0 spiro atoms. The summed E-state index contributed by atoms with van der Waals surface area (Å²) in [5.41, 5.74) is 3.75. The maximum Gasteiger partial charge on any atom is 0.341 e. The summed E-state index contributed by atoms with van der Waals surface area (Å²) in [7, 11) is 0. The van der Waals surface area contributed by atoms with Crippen molar-refractivity contribution in [1.29, 1.82) is 0 Å². The van der Waals surface area contributed by atoms with E-state index in [4.69, 9.17) is 5.73 Å². The number of aromatic carboxylic acids is 1. The predicted molar refractivity (Wildman–Crippen MR) is 117 cm³/mol. The van der Waals surface area contributed by atoms with Gasteiger partial charge in [-0.2, -0.15) is 0 Å². The zero-order chi connectivity index (χ0) is 21.7. The molecular formula is C20H25ClF2N4O5. The number of benzene rings is 1. The van der Waals surface area contributed by atoms with Crippen molar-refractivity contribution in [2.24, 2.45) is 5.73 Å². The number of hydrogen-bond donors (Lipinski definition) is 3. The number of carboxylic acid groups (broad SMARTS) is 1. The molecular weight excluding hydrogens is 450 g/mol. The highest BCUT2D eigenvalue weighted by atomic mass is 35.5. The van der Waals surface area contributed by atoms with Gasteiger partial charge in [0.1, 0.15) is 17.1 Å². The van der Waals surface area contributed by atoms with E-state index >= 15 is 4.39 Å². The van der Waals surface area contributed by atoms with Crippen LogP contribution in [0.1, 0.15) is 42.6 Å². The first-order valence-corrected chi connectivity index (χ1v) is 9.80. The second kappa shape index (κ2) is 9.39. The molecule has 2 heterocycles. The number of rotatable bonds is 5. The highest BCUT2D eigenvalue weighted by Gasteiger charge is 2.33. The molecule has 1 amide bonds. The number of carbonyl (C=O) groups excluding carboxylic acids is 1. The van der Waals surface area contributed by atoms with E-state index in [1.807, 2.05) is 0 Å². The van der Waals surface area contributed by atoms with E-state index < -0.39 is 34.6 Å². The van der Waals surface area contributed by atoms with Gasteiger partial charge in [0.25, 0.3) is 0 Å². The number of carbonyl (C=O) groups is 2. The Hall–Kier alpha value is -2.76. The molecule has 1 aromatic carbocycles. The third-order valence-corrected chi connectivity index (χ3v) is 5.62. The Morgan fingerprint density at radius 1 is 1.28 bits per heavy atom. The number of nitrogens with zero attached hydrogens (tertiary/aromatic N) is 2. The molecule has 1 aliphatic carbocycles. The molecule has 2 atom stereocenters. The molecule has 0 unspecified atom stereocenters. The van der Waals surface area contributed by atoms with Crippen molar-refractivity contribution in [3.63, 3.8) is 0 Å². The van der Waals surface area contributed by atoms with Crippen molar-refractivity contribution in [2.75, 3.05) is 18.0 Å². The fourth-order valence-corrected chi connectivity index (χ4v) is 3.93. The van der Waals surface area contributed by atoms with Crippen molar-refractivity contribution >= 4 is 40.9 Å². The summed E-state index contributed by atoms with van der Waals surface area (Å²) in [4.78, 5) is 37.3. The van der Waals surface area contributed by atoms with Crippen LogP contribution >= 0.6 is 12.4 Å². The summed E-state index contributed by atoms with van der Waals surface area (Å²) < 4.78 is 31.9. The first-order chi connectivity index (χ1) is 14.2. The number of halogens is 3. The highest BCUT2D eigenvalue weighted by Crippen LogP contribution is 2.40. The minimum absolute atomic E-state index is 0. The summed E-state index contributed by atoms with van der Waals surface area (Å²) in [5.74, 6) is -3.62. The summed E-state index contributed by atoms with van der Waals surface area (Å²) in [6.45, 7) is 2.05. The smallest absolute Gasteiger partial charge is 0.341 e. The average molecular weight is 475 g/mol. The Balaban J connectivity index is 0.00000181. The standard InChI is InChI=1S/C20H22F2N4O4.ClH.H2O/c1-9(23)19(28)24-10-4-5-25(7-10)17-14(21)6-12-16(15(17)22)26(11-2-3-11)8-13(18(12)27)20(29)30;;/h6,8-11H,2-5,7,23H2,1H3,(H,24,28)(H,29,30);1H;1H2/t9-,10+;;/m0../s1. The maximum absolute atomic E-state index is 15.6. The molecule has 32 heavy (non-hydrogen) atoms. The van der Waals surface area contributed by atoms with Crippen LogP contribution in [-0.2, 0) is 4.79 Å². The Kier molecular flexibility index (Phi) is 7.48. The largest absolute Gasteiger partial charge is 0.477 e. The number of anilines is 1. The molecule has 6 N–H and O–H groups in total. The summed E-state index contributed by atoms with van der Waals surface area (Å²) in [6.07, 6.45) is 3.07. The minimum atomic E-state index is -1.44. The molecule has 9 nitrogen and oxygen atoms in total. The van der Waals surface area contributed by atoms with Crippen LogP contribution < -0.4 is 21.4 Å². The van der Waals surface area contributed by atoms with Gasteiger partial charge in [0, 0.05) is 31.4 Å². The lowest BCUT2D eigenvalue weighted by Gasteiger charge is -2.23. The highest BCUT2D eigenvalue weighted by molar-refractivity contribution is 5.94.